The van der Waals surface area contributed by atoms with Gasteiger partial charge in [0.15, 0.2) is 18.1 Å². The lowest BCUT2D eigenvalue weighted by molar-refractivity contribution is -0.124. The quantitative estimate of drug-likeness (QED) is 0.298. The number of aromatic nitrogens is 4. The second-order valence-corrected chi connectivity index (χ2v) is 9.69. The maximum Gasteiger partial charge on any atom is 0.258 e. The molecule has 0 saturated carbocycles. The molecule has 0 atom stereocenters. The number of nitrogens with one attached hydrogen (secondary N) is 2. The molecule has 0 unspecified atom stereocenters. The standard InChI is InChI=1S/C24H32N6O3S/c1-24(2,3)26-21(31)17-33-22-18(10-8-13-20(22)32-4)16-25-14-9-15-34-23-27-28-29-30(23)19-11-6-5-7-12-19/h5-8,10-13,25H,9,14-17H2,1-4H3,(H,26,31). The molecule has 1 heterocycles. The van der Waals surface area contributed by atoms with E-state index in [-0.39, 0.29) is 18.1 Å². The second kappa shape index (κ2) is 12.4. The highest BCUT2D eigenvalue weighted by Crippen LogP contribution is 2.31. The Hall–Kier alpha value is -3.11. The summed E-state index contributed by atoms with van der Waals surface area (Å²) < 4.78 is 13.0. The molecule has 2 N–H and O–H groups in total. The average molecular weight is 485 g/mol. The van der Waals surface area contributed by atoms with Gasteiger partial charge in [-0.25, -0.2) is 0 Å². The lowest BCUT2D eigenvalue weighted by Gasteiger charge is -2.21. The number of carbonyl (C=O) groups is 1. The molecular weight excluding hydrogens is 452 g/mol. The number of hydrogen-bond acceptors (Lipinski definition) is 8. The Balaban J connectivity index is 1.47. The minimum atomic E-state index is -0.312. The zero-order valence-corrected chi connectivity index (χ0v) is 20.9. The molecule has 0 radical (unpaired) electrons. The van der Waals surface area contributed by atoms with E-state index in [0.717, 1.165) is 35.1 Å². The molecule has 0 saturated heterocycles. The van der Waals surface area contributed by atoms with Crippen LogP contribution in [0.1, 0.15) is 32.8 Å². The highest BCUT2D eigenvalue weighted by molar-refractivity contribution is 7.99. The monoisotopic (exact) mass is 484 g/mol. The van der Waals surface area contributed by atoms with Gasteiger partial charge in [-0.2, -0.15) is 4.68 Å². The zero-order valence-electron chi connectivity index (χ0n) is 20.1. The Kier molecular flexibility index (Phi) is 9.29. The fraction of sp³-hybridized carbons (Fsp3) is 0.417. The van der Waals surface area contributed by atoms with Crippen LogP contribution in [0.3, 0.4) is 0 Å². The van der Waals surface area contributed by atoms with E-state index in [1.54, 1.807) is 23.6 Å². The highest BCUT2D eigenvalue weighted by Gasteiger charge is 2.16. The number of ether oxygens (including phenoxy) is 2. The third-order valence-corrected chi connectivity index (χ3v) is 5.63. The number of thioether (sulfide) groups is 1. The summed E-state index contributed by atoms with van der Waals surface area (Å²) in [6, 6.07) is 15.5. The van der Waals surface area contributed by atoms with Gasteiger partial charge in [-0.05, 0) is 62.4 Å². The van der Waals surface area contributed by atoms with Crippen LogP contribution < -0.4 is 20.1 Å². The smallest absolute Gasteiger partial charge is 0.258 e. The maximum atomic E-state index is 12.2. The molecule has 0 fully saturated rings. The molecule has 0 bridgehead atoms. The Bertz CT molecular complexity index is 1050. The van der Waals surface area contributed by atoms with Gasteiger partial charge in [0.1, 0.15) is 0 Å². The lowest BCUT2D eigenvalue weighted by atomic mass is 10.1. The van der Waals surface area contributed by atoms with Crippen molar-refractivity contribution >= 4 is 17.7 Å². The fourth-order valence-corrected chi connectivity index (χ4v) is 4.03. The van der Waals surface area contributed by atoms with E-state index in [0.29, 0.717) is 18.0 Å². The molecule has 0 aliphatic rings. The second-order valence-electron chi connectivity index (χ2n) is 8.62. The SMILES string of the molecule is COc1cccc(CNCCCSc2nnnn2-c2ccccc2)c1OCC(=O)NC(C)(C)C. The van der Waals surface area contributed by atoms with E-state index in [9.17, 15) is 4.79 Å². The van der Waals surface area contributed by atoms with Gasteiger partial charge >= 0.3 is 0 Å². The number of nitrogens with zero attached hydrogens (tertiary/aromatic N) is 4. The molecule has 0 spiro atoms. The fourth-order valence-electron chi connectivity index (χ4n) is 3.20. The molecule has 34 heavy (non-hydrogen) atoms. The van der Waals surface area contributed by atoms with Crippen molar-refractivity contribution in [1.29, 1.82) is 0 Å². The first-order valence-electron chi connectivity index (χ1n) is 11.1. The van der Waals surface area contributed by atoms with Crippen molar-refractivity contribution < 1.29 is 14.3 Å². The van der Waals surface area contributed by atoms with Gasteiger partial charge in [0, 0.05) is 23.4 Å². The number of amides is 1. The van der Waals surface area contributed by atoms with Gasteiger partial charge < -0.3 is 20.1 Å². The van der Waals surface area contributed by atoms with Crippen LogP contribution in [0.25, 0.3) is 5.69 Å². The Morgan fingerprint density at radius 2 is 1.91 bits per heavy atom. The molecule has 10 heteroatoms. The van der Waals surface area contributed by atoms with E-state index in [1.165, 1.54) is 0 Å². The topological polar surface area (TPSA) is 103 Å². The number of para-hydroxylation sites is 2. The van der Waals surface area contributed by atoms with Crippen LogP contribution in [-0.2, 0) is 11.3 Å². The van der Waals surface area contributed by atoms with E-state index in [4.69, 9.17) is 9.47 Å². The average Bonchev–Trinajstić information content (AvgIpc) is 3.28. The summed E-state index contributed by atoms with van der Waals surface area (Å²) in [7, 11) is 1.59. The Labute approximate surface area is 204 Å². The number of rotatable bonds is 12. The van der Waals surface area contributed by atoms with Gasteiger partial charge in [-0.3, -0.25) is 4.79 Å². The van der Waals surface area contributed by atoms with Crippen LogP contribution in [0.2, 0.25) is 0 Å². The molecule has 3 rings (SSSR count). The third-order valence-electron chi connectivity index (χ3n) is 4.63. The van der Waals surface area contributed by atoms with E-state index < -0.39 is 0 Å². The molecule has 2 aromatic carbocycles. The van der Waals surface area contributed by atoms with Gasteiger partial charge in [0.2, 0.25) is 5.16 Å². The molecule has 1 aromatic heterocycles. The largest absolute Gasteiger partial charge is 0.493 e. The molecule has 182 valence electrons. The summed E-state index contributed by atoms with van der Waals surface area (Å²) in [4.78, 5) is 12.2. The van der Waals surface area contributed by atoms with Crippen molar-refractivity contribution in [3.63, 3.8) is 0 Å². The summed E-state index contributed by atoms with van der Waals surface area (Å²) in [5.74, 6) is 1.88. The number of benzene rings is 2. The normalized spacial score (nSPS) is 11.3. The predicted molar refractivity (Wildman–Crippen MR) is 133 cm³/mol. The molecule has 1 amide bonds. The summed E-state index contributed by atoms with van der Waals surface area (Å²) in [6.45, 7) is 7.13. The highest BCUT2D eigenvalue weighted by atomic mass is 32.2. The predicted octanol–water partition coefficient (Wildman–Crippen LogP) is 3.24. The minimum absolute atomic E-state index is 0.0720. The van der Waals surface area contributed by atoms with E-state index in [2.05, 4.69) is 26.2 Å². The Morgan fingerprint density at radius 1 is 1.12 bits per heavy atom. The van der Waals surface area contributed by atoms with Gasteiger partial charge in [0.05, 0.1) is 12.8 Å². The zero-order chi connectivity index (χ0) is 24.4. The molecular formula is C24H32N6O3S. The molecule has 0 aliphatic carbocycles. The van der Waals surface area contributed by atoms with E-state index >= 15 is 0 Å². The first-order valence-corrected chi connectivity index (χ1v) is 12.1. The summed E-state index contributed by atoms with van der Waals surface area (Å²) in [5.41, 5.74) is 1.56. The first-order chi connectivity index (χ1) is 16.4. The van der Waals surface area contributed by atoms with Gasteiger partial charge in [-0.1, -0.05) is 42.1 Å². The third kappa shape index (κ3) is 7.74. The van der Waals surface area contributed by atoms with Crippen molar-refractivity contribution in [3.8, 4) is 17.2 Å². The van der Waals surface area contributed by atoms with Crippen LogP contribution in [-0.4, -0.2) is 57.7 Å². The molecule has 3 aromatic rings. The number of carbonyl (C=O) groups excluding carboxylic acids is 1. The number of hydrogen-bond donors (Lipinski definition) is 2. The van der Waals surface area contributed by atoms with Gasteiger partial charge in [-0.15, -0.1) is 5.10 Å². The van der Waals surface area contributed by atoms with Crippen LogP contribution >= 0.6 is 11.8 Å². The summed E-state index contributed by atoms with van der Waals surface area (Å²) in [5, 5.41) is 19.1. The molecule has 0 aliphatic heterocycles. The number of methoxy groups -OCH3 is 1. The first kappa shape index (κ1) is 25.5. The van der Waals surface area contributed by atoms with Crippen molar-refractivity contribution in [2.75, 3.05) is 26.0 Å². The van der Waals surface area contributed by atoms with Crippen LogP contribution in [0.15, 0.2) is 53.7 Å². The lowest BCUT2D eigenvalue weighted by Crippen LogP contribution is -2.43. The van der Waals surface area contributed by atoms with Crippen molar-refractivity contribution in [2.45, 2.75) is 44.4 Å². The Morgan fingerprint density at radius 3 is 2.65 bits per heavy atom. The number of tetrazole rings is 1. The summed E-state index contributed by atoms with van der Waals surface area (Å²) >= 11 is 1.62. The molecule has 9 nitrogen and oxygen atoms in total. The van der Waals surface area contributed by atoms with Crippen LogP contribution in [0, 0.1) is 0 Å². The van der Waals surface area contributed by atoms with Crippen molar-refractivity contribution in [1.82, 2.24) is 30.8 Å². The van der Waals surface area contributed by atoms with Crippen molar-refractivity contribution in [2.24, 2.45) is 0 Å². The summed E-state index contributed by atoms with van der Waals surface area (Å²) in [6.07, 6.45) is 0.931. The maximum absolute atomic E-state index is 12.2. The van der Waals surface area contributed by atoms with Crippen molar-refractivity contribution in [3.05, 3.63) is 54.1 Å². The minimum Gasteiger partial charge on any atom is -0.493 e. The van der Waals surface area contributed by atoms with Gasteiger partial charge in [0.25, 0.3) is 5.91 Å². The van der Waals surface area contributed by atoms with Crippen LogP contribution in [0.5, 0.6) is 11.5 Å². The van der Waals surface area contributed by atoms with Crippen LogP contribution in [0.4, 0.5) is 0 Å². The van der Waals surface area contributed by atoms with E-state index in [1.807, 2.05) is 69.3 Å².